The zero-order chi connectivity index (χ0) is 15.2. The number of amides is 1. The average Bonchev–Trinajstić information content (AvgIpc) is 2.48. The molecule has 0 aliphatic rings. The molecule has 0 radical (unpaired) electrons. The SMILES string of the molecule is CN(C)c1ccc(C=NNC(=O)c2ccccc2I)cc1. The van der Waals surface area contributed by atoms with Crippen molar-refractivity contribution in [1.82, 2.24) is 5.43 Å². The quantitative estimate of drug-likeness (QED) is 0.493. The van der Waals surface area contributed by atoms with E-state index in [4.69, 9.17) is 0 Å². The number of benzene rings is 2. The number of carbonyl (C=O) groups excluding carboxylic acids is 1. The molecular weight excluding hydrogens is 377 g/mol. The number of nitrogens with one attached hydrogen (secondary N) is 1. The van der Waals surface area contributed by atoms with Crippen LogP contribution in [0.1, 0.15) is 15.9 Å². The second kappa shape index (κ2) is 7.21. The number of rotatable bonds is 4. The van der Waals surface area contributed by atoms with Gasteiger partial charge in [0.05, 0.1) is 11.8 Å². The van der Waals surface area contributed by atoms with Gasteiger partial charge in [-0.1, -0.05) is 24.3 Å². The molecule has 108 valence electrons. The molecule has 0 atom stereocenters. The lowest BCUT2D eigenvalue weighted by molar-refractivity contribution is 0.0954. The standard InChI is InChI=1S/C16H16IN3O/c1-20(2)13-9-7-12(8-10-13)11-18-19-16(21)14-5-3-4-6-15(14)17/h3-11H,1-2H3,(H,19,21). The summed E-state index contributed by atoms with van der Waals surface area (Å²) in [6.45, 7) is 0. The first-order valence-electron chi connectivity index (χ1n) is 6.43. The van der Waals surface area contributed by atoms with Crippen LogP contribution in [0.25, 0.3) is 0 Å². The van der Waals surface area contributed by atoms with Crippen LogP contribution < -0.4 is 10.3 Å². The molecule has 0 unspecified atom stereocenters. The van der Waals surface area contributed by atoms with Gasteiger partial charge in [0, 0.05) is 23.4 Å². The van der Waals surface area contributed by atoms with Crippen LogP contribution in [0.3, 0.4) is 0 Å². The second-order valence-corrected chi connectivity index (χ2v) is 5.83. The number of halogens is 1. The Labute approximate surface area is 138 Å². The third-order valence-corrected chi connectivity index (χ3v) is 3.85. The maximum atomic E-state index is 12.0. The minimum absolute atomic E-state index is 0.207. The van der Waals surface area contributed by atoms with Gasteiger partial charge in [-0.05, 0) is 52.4 Å². The van der Waals surface area contributed by atoms with E-state index in [-0.39, 0.29) is 5.91 Å². The Morgan fingerprint density at radius 3 is 2.43 bits per heavy atom. The summed E-state index contributed by atoms with van der Waals surface area (Å²) >= 11 is 2.13. The first-order valence-corrected chi connectivity index (χ1v) is 7.51. The first-order chi connectivity index (χ1) is 10.1. The van der Waals surface area contributed by atoms with Crippen LogP contribution in [0.2, 0.25) is 0 Å². The van der Waals surface area contributed by atoms with Crippen molar-refractivity contribution in [1.29, 1.82) is 0 Å². The minimum atomic E-state index is -0.207. The predicted octanol–water partition coefficient (Wildman–Crippen LogP) is 3.12. The predicted molar refractivity (Wildman–Crippen MR) is 95.0 cm³/mol. The molecule has 0 saturated carbocycles. The van der Waals surface area contributed by atoms with E-state index in [2.05, 4.69) is 33.1 Å². The van der Waals surface area contributed by atoms with Crippen molar-refractivity contribution < 1.29 is 4.79 Å². The van der Waals surface area contributed by atoms with E-state index in [1.54, 1.807) is 12.3 Å². The summed E-state index contributed by atoms with van der Waals surface area (Å²) in [5.74, 6) is -0.207. The molecule has 0 spiro atoms. The van der Waals surface area contributed by atoms with Gasteiger partial charge >= 0.3 is 0 Å². The lowest BCUT2D eigenvalue weighted by atomic mass is 10.2. The van der Waals surface area contributed by atoms with Crippen molar-refractivity contribution in [2.75, 3.05) is 19.0 Å². The maximum absolute atomic E-state index is 12.0. The smallest absolute Gasteiger partial charge is 0.272 e. The number of nitrogens with zero attached hydrogens (tertiary/aromatic N) is 2. The fraction of sp³-hybridized carbons (Fsp3) is 0.125. The monoisotopic (exact) mass is 393 g/mol. The van der Waals surface area contributed by atoms with Crippen LogP contribution in [0.5, 0.6) is 0 Å². The molecule has 5 heteroatoms. The van der Waals surface area contributed by atoms with Crippen molar-refractivity contribution in [3.05, 3.63) is 63.2 Å². The molecule has 0 aromatic heterocycles. The number of hydrogen-bond donors (Lipinski definition) is 1. The highest BCUT2D eigenvalue weighted by Gasteiger charge is 2.07. The molecule has 0 aliphatic carbocycles. The van der Waals surface area contributed by atoms with E-state index in [0.29, 0.717) is 5.56 Å². The second-order valence-electron chi connectivity index (χ2n) is 4.66. The number of hydrogen-bond acceptors (Lipinski definition) is 3. The molecule has 2 aromatic carbocycles. The molecule has 21 heavy (non-hydrogen) atoms. The van der Waals surface area contributed by atoms with Crippen LogP contribution in [0.15, 0.2) is 53.6 Å². The van der Waals surface area contributed by atoms with Crippen LogP contribution in [0, 0.1) is 3.57 Å². The van der Waals surface area contributed by atoms with E-state index >= 15 is 0 Å². The van der Waals surface area contributed by atoms with Gasteiger partial charge in [-0.2, -0.15) is 5.10 Å². The van der Waals surface area contributed by atoms with Crippen LogP contribution in [-0.2, 0) is 0 Å². The highest BCUT2D eigenvalue weighted by Crippen LogP contribution is 2.12. The molecule has 2 aromatic rings. The summed E-state index contributed by atoms with van der Waals surface area (Å²) in [5, 5.41) is 3.99. The van der Waals surface area contributed by atoms with Gasteiger partial charge in [-0.3, -0.25) is 4.79 Å². The lowest BCUT2D eigenvalue weighted by Crippen LogP contribution is -2.18. The molecule has 1 N–H and O–H groups in total. The van der Waals surface area contributed by atoms with E-state index in [1.165, 1.54) is 0 Å². The summed E-state index contributed by atoms with van der Waals surface area (Å²) in [5.41, 5.74) is 5.22. The third kappa shape index (κ3) is 4.29. The highest BCUT2D eigenvalue weighted by atomic mass is 127. The summed E-state index contributed by atoms with van der Waals surface area (Å²) in [6, 6.07) is 15.3. The van der Waals surface area contributed by atoms with E-state index in [9.17, 15) is 4.79 Å². The number of carbonyl (C=O) groups is 1. The van der Waals surface area contributed by atoms with Gasteiger partial charge in [-0.25, -0.2) is 5.43 Å². The largest absolute Gasteiger partial charge is 0.378 e. The van der Waals surface area contributed by atoms with Crippen LogP contribution >= 0.6 is 22.6 Å². The molecule has 0 heterocycles. The molecule has 0 fully saturated rings. The fourth-order valence-corrected chi connectivity index (χ4v) is 2.36. The lowest BCUT2D eigenvalue weighted by Gasteiger charge is -2.11. The summed E-state index contributed by atoms with van der Waals surface area (Å²) in [7, 11) is 3.98. The summed E-state index contributed by atoms with van der Waals surface area (Å²) in [4.78, 5) is 14.0. The average molecular weight is 393 g/mol. The molecule has 4 nitrogen and oxygen atoms in total. The summed E-state index contributed by atoms with van der Waals surface area (Å²) in [6.07, 6.45) is 1.63. The van der Waals surface area contributed by atoms with Gasteiger partial charge in [0.15, 0.2) is 0 Å². The Morgan fingerprint density at radius 1 is 1.14 bits per heavy atom. The zero-order valence-electron chi connectivity index (χ0n) is 11.9. The topological polar surface area (TPSA) is 44.7 Å². The van der Waals surface area contributed by atoms with E-state index in [0.717, 1.165) is 14.8 Å². The van der Waals surface area contributed by atoms with Crippen molar-refractivity contribution in [2.45, 2.75) is 0 Å². The Kier molecular flexibility index (Phi) is 5.32. The minimum Gasteiger partial charge on any atom is -0.378 e. The normalized spacial score (nSPS) is 10.6. The molecule has 2 rings (SSSR count). The number of anilines is 1. The Balaban J connectivity index is 1.99. The Hall–Kier alpha value is -1.89. The van der Waals surface area contributed by atoms with Crippen LogP contribution in [-0.4, -0.2) is 26.2 Å². The number of hydrazone groups is 1. The zero-order valence-corrected chi connectivity index (χ0v) is 14.0. The Bertz CT molecular complexity index is 651. The summed E-state index contributed by atoms with van der Waals surface area (Å²) < 4.78 is 0.901. The van der Waals surface area contributed by atoms with E-state index in [1.807, 2.05) is 61.5 Å². The fourth-order valence-electron chi connectivity index (χ4n) is 1.73. The molecule has 0 saturated heterocycles. The van der Waals surface area contributed by atoms with Gasteiger partial charge in [-0.15, -0.1) is 0 Å². The van der Waals surface area contributed by atoms with Gasteiger partial charge in [0.1, 0.15) is 0 Å². The molecule has 1 amide bonds. The maximum Gasteiger partial charge on any atom is 0.272 e. The molecule has 0 bridgehead atoms. The third-order valence-electron chi connectivity index (χ3n) is 2.91. The van der Waals surface area contributed by atoms with Crippen molar-refractivity contribution >= 4 is 40.4 Å². The Morgan fingerprint density at radius 2 is 1.81 bits per heavy atom. The van der Waals surface area contributed by atoms with Crippen molar-refractivity contribution in [3.63, 3.8) is 0 Å². The van der Waals surface area contributed by atoms with Gasteiger partial charge in [0.2, 0.25) is 0 Å². The van der Waals surface area contributed by atoms with E-state index < -0.39 is 0 Å². The van der Waals surface area contributed by atoms with Gasteiger partial charge < -0.3 is 4.90 Å². The first kappa shape index (κ1) is 15.5. The molecular formula is C16H16IN3O. The van der Waals surface area contributed by atoms with Crippen molar-refractivity contribution in [3.8, 4) is 0 Å². The van der Waals surface area contributed by atoms with Crippen LogP contribution in [0.4, 0.5) is 5.69 Å². The highest BCUT2D eigenvalue weighted by molar-refractivity contribution is 14.1. The van der Waals surface area contributed by atoms with Gasteiger partial charge in [0.25, 0.3) is 5.91 Å². The molecule has 0 aliphatic heterocycles. The van der Waals surface area contributed by atoms with Crippen molar-refractivity contribution in [2.24, 2.45) is 5.10 Å².